The summed E-state index contributed by atoms with van der Waals surface area (Å²) in [6.45, 7) is 0. The van der Waals surface area contributed by atoms with Gasteiger partial charge in [0, 0.05) is 29.0 Å². The van der Waals surface area contributed by atoms with Crippen molar-refractivity contribution in [1.82, 2.24) is 4.98 Å². The highest BCUT2D eigenvalue weighted by atomic mass is 79.9. The summed E-state index contributed by atoms with van der Waals surface area (Å²) in [5.41, 5.74) is 1.97. The van der Waals surface area contributed by atoms with Crippen LogP contribution >= 0.6 is 15.9 Å². The second-order valence-electron chi connectivity index (χ2n) is 3.16. The number of rotatable bonds is 2. The lowest BCUT2D eigenvalue weighted by Crippen LogP contribution is -1.87. The number of halogens is 1. The van der Waals surface area contributed by atoms with Crippen molar-refractivity contribution in [2.24, 2.45) is 0 Å². The van der Waals surface area contributed by atoms with Crippen molar-refractivity contribution in [3.63, 3.8) is 0 Å². The average molecular weight is 279 g/mol. The SMILES string of the molecule is O=[N+]([O-])c1ccc(-c2ccncc2Br)cc1. The Morgan fingerprint density at radius 3 is 2.44 bits per heavy atom. The molecule has 0 aliphatic heterocycles. The molecular weight excluding hydrogens is 272 g/mol. The Balaban J connectivity index is 2.43. The summed E-state index contributed by atoms with van der Waals surface area (Å²) in [5.74, 6) is 0. The third-order valence-electron chi connectivity index (χ3n) is 2.16. The van der Waals surface area contributed by atoms with E-state index in [1.807, 2.05) is 6.07 Å². The van der Waals surface area contributed by atoms with E-state index in [0.29, 0.717) is 0 Å². The van der Waals surface area contributed by atoms with Gasteiger partial charge in [0.05, 0.1) is 4.92 Å². The second-order valence-corrected chi connectivity index (χ2v) is 4.01. The number of nitro groups is 1. The Morgan fingerprint density at radius 2 is 1.88 bits per heavy atom. The lowest BCUT2D eigenvalue weighted by molar-refractivity contribution is -0.384. The zero-order chi connectivity index (χ0) is 11.5. The van der Waals surface area contributed by atoms with Crippen LogP contribution < -0.4 is 0 Å². The number of nitro benzene ring substituents is 1. The number of pyridine rings is 1. The molecule has 0 radical (unpaired) electrons. The molecule has 0 bridgehead atoms. The molecule has 2 rings (SSSR count). The van der Waals surface area contributed by atoms with Crippen LogP contribution in [0.2, 0.25) is 0 Å². The molecule has 0 fully saturated rings. The monoisotopic (exact) mass is 278 g/mol. The zero-order valence-electron chi connectivity index (χ0n) is 8.13. The fourth-order valence-corrected chi connectivity index (χ4v) is 1.85. The van der Waals surface area contributed by atoms with Crippen molar-refractivity contribution in [2.45, 2.75) is 0 Å². The molecular formula is C11H7BrN2O2. The van der Waals surface area contributed by atoms with Gasteiger partial charge in [0.25, 0.3) is 5.69 Å². The molecule has 0 amide bonds. The smallest absolute Gasteiger partial charge is 0.264 e. The minimum absolute atomic E-state index is 0.0916. The molecule has 4 nitrogen and oxygen atoms in total. The van der Waals surface area contributed by atoms with Crippen LogP contribution in [-0.2, 0) is 0 Å². The highest BCUT2D eigenvalue weighted by molar-refractivity contribution is 9.10. The topological polar surface area (TPSA) is 56.0 Å². The van der Waals surface area contributed by atoms with Crippen LogP contribution in [0.3, 0.4) is 0 Å². The van der Waals surface area contributed by atoms with E-state index in [1.165, 1.54) is 12.1 Å². The Morgan fingerprint density at radius 1 is 1.19 bits per heavy atom. The summed E-state index contributed by atoms with van der Waals surface area (Å²) in [7, 11) is 0. The minimum atomic E-state index is -0.411. The zero-order valence-corrected chi connectivity index (χ0v) is 9.72. The van der Waals surface area contributed by atoms with Gasteiger partial charge in [-0.1, -0.05) is 0 Å². The average Bonchev–Trinajstić information content (AvgIpc) is 2.30. The fourth-order valence-electron chi connectivity index (χ4n) is 1.37. The number of nitrogens with zero attached hydrogens (tertiary/aromatic N) is 2. The minimum Gasteiger partial charge on any atom is -0.264 e. The highest BCUT2D eigenvalue weighted by Crippen LogP contribution is 2.28. The van der Waals surface area contributed by atoms with Crippen molar-refractivity contribution >= 4 is 21.6 Å². The van der Waals surface area contributed by atoms with Crippen LogP contribution in [0.25, 0.3) is 11.1 Å². The van der Waals surface area contributed by atoms with Crippen molar-refractivity contribution in [1.29, 1.82) is 0 Å². The van der Waals surface area contributed by atoms with Crippen LogP contribution in [0.5, 0.6) is 0 Å². The Hall–Kier alpha value is -1.75. The van der Waals surface area contributed by atoms with Crippen molar-refractivity contribution in [3.05, 3.63) is 57.3 Å². The first kappa shape index (κ1) is 10.8. The van der Waals surface area contributed by atoms with Crippen LogP contribution in [0, 0.1) is 10.1 Å². The molecule has 0 aliphatic rings. The number of non-ortho nitro benzene ring substituents is 1. The maximum Gasteiger partial charge on any atom is 0.269 e. The molecule has 2 aromatic rings. The van der Waals surface area contributed by atoms with Gasteiger partial charge in [0.15, 0.2) is 0 Å². The van der Waals surface area contributed by atoms with Gasteiger partial charge in [-0.05, 0) is 45.3 Å². The fraction of sp³-hybridized carbons (Fsp3) is 0. The van der Waals surface area contributed by atoms with Crippen molar-refractivity contribution in [3.8, 4) is 11.1 Å². The predicted molar refractivity (Wildman–Crippen MR) is 64.0 cm³/mol. The van der Waals surface area contributed by atoms with Gasteiger partial charge in [-0.15, -0.1) is 0 Å². The Labute approximate surface area is 100 Å². The largest absolute Gasteiger partial charge is 0.269 e. The van der Waals surface area contributed by atoms with Crippen molar-refractivity contribution < 1.29 is 4.92 Å². The lowest BCUT2D eigenvalue weighted by Gasteiger charge is -2.03. The normalized spacial score (nSPS) is 10.1. The van der Waals surface area contributed by atoms with Crippen LogP contribution in [0.15, 0.2) is 47.2 Å². The first-order valence-electron chi connectivity index (χ1n) is 4.53. The van der Waals surface area contributed by atoms with Gasteiger partial charge < -0.3 is 0 Å². The van der Waals surface area contributed by atoms with Gasteiger partial charge in [-0.2, -0.15) is 0 Å². The van der Waals surface area contributed by atoms with Crippen molar-refractivity contribution in [2.75, 3.05) is 0 Å². The van der Waals surface area contributed by atoms with Gasteiger partial charge >= 0.3 is 0 Å². The number of aromatic nitrogens is 1. The standard InChI is InChI=1S/C11H7BrN2O2/c12-11-7-13-6-5-10(11)8-1-3-9(4-2-8)14(15)16/h1-7H. The van der Waals surface area contributed by atoms with Gasteiger partial charge in [0.2, 0.25) is 0 Å². The molecule has 16 heavy (non-hydrogen) atoms. The van der Waals surface area contributed by atoms with E-state index < -0.39 is 4.92 Å². The molecule has 0 unspecified atom stereocenters. The molecule has 5 heteroatoms. The summed E-state index contributed by atoms with van der Waals surface area (Å²) in [4.78, 5) is 14.1. The van der Waals surface area contributed by atoms with Crippen LogP contribution in [0.1, 0.15) is 0 Å². The van der Waals surface area contributed by atoms with Crippen LogP contribution in [0.4, 0.5) is 5.69 Å². The molecule has 0 atom stereocenters. The summed E-state index contributed by atoms with van der Waals surface area (Å²) < 4.78 is 0.865. The third-order valence-corrected chi connectivity index (χ3v) is 2.79. The van der Waals surface area contributed by atoms with E-state index in [1.54, 1.807) is 24.5 Å². The quantitative estimate of drug-likeness (QED) is 0.625. The summed E-state index contributed by atoms with van der Waals surface area (Å²) >= 11 is 3.38. The lowest BCUT2D eigenvalue weighted by atomic mass is 10.1. The maximum absolute atomic E-state index is 10.5. The molecule has 0 saturated heterocycles. The molecule has 0 saturated carbocycles. The highest BCUT2D eigenvalue weighted by Gasteiger charge is 2.06. The summed E-state index contributed by atoms with van der Waals surface area (Å²) in [6.07, 6.45) is 3.37. The van der Waals surface area contributed by atoms with Gasteiger partial charge in [-0.25, -0.2) is 0 Å². The maximum atomic E-state index is 10.5. The van der Waals surface area contributed by atoms with Gasteiger partial charge in [-0.3, -0.25) is 15.1 Å². The van der Waals surface area contributed by atoms with E-state index in [2.05, 4.69) is 20.9 Å². The third kappa shape index (κ3) is 2.09. The number of hydrogen-bond donors (Lipinski definition) is 0. The Kier molecular flexibility index (Phi) is 2.96. The van der Waals surface area contributed by atoms with E-state index in [-0.39, 0.29) is 5.69 Å². The van der Waals surface area contributed by atoms with E-state index >= 15 is 0 Å². The second kappa shape index (κ2) is 4.40. The van der Waals surface area contributed by atoms with Gasteiger partial charge in [0.1, 0.15) is 0 Å². The molecule has 1 aromatic carbocycles. The Bertz CT molecular complexity index is 526. The molecule has 1 aromatic heterocycles. The van der Waals surface area contributed by atoms with Crippen LogP contribution in [-0.4, -0.2) is 9.91 Å². The number of hydrogen-bond acceptors (Lipinski definition) is 3. The van der Waals surface area contributed by atoms with E-state index in [4.69, 9.17) is 0 Å². The molecule has 0 aliphatic carbocycles. The molecule has 0 spiro atoms. The molecule has 0 N–H and O–H groups in total. The first-order chi connectivity index (χ1) is 7.68. The molecule has 1 heterocycles. The first-order valence-corrected chi connectivity index (χ1v) is 5.32. The summed E-state index contributed by atoms with van der Waals surface area (Å²) in [5, 5.41) is 10.5. The summed E-state index contributed by atoms with van der Waals surface area (Å²) in [6, 6.07) is 8.27. The predicted octanol–water partition coefficient (Wildman–Crippen LogP) is 3.42. The van der Waals surface area contributed by atoms with E-state index in [0.717, 1.165) is 15.6 Å². The van der Waals surface area contributed by atoms with E-state index in [9.17, 15) is 10.1 Å². The molecule has 80 valence electrons. The number of benzene rings is 1.